The van der Waals surface area contributed by atoms with Crippen LogP contribution < -0.4 is 15.4 Å². The van der Waals surface area contributed by atoms with E-state index in [0.29, 0.717) is 0 Å². The molecule has 1 aromatic carbocycles. The summed E-state index contributed by atoms with van der Waals surface area (Å²) in [7, 11) is 1.70. The van der Waals surface area contributed by atoms with E-state index in [0.717, 1.165) is 24.6 Å². The minimum absolute atomic E-state index is 0.196. The smallest absolute Gasteiger partial charge is 0.121 e. The van der Waals surface area contributed by atoms with Crippen molar-refractivity contribution in [3.63, 3.8) is 0 Å². The highest BCUT2D eigenvalue weighted by atomic mass is 32.2. The maximum absolute atomic E-state index is 5.87. The van der Waals surface area contributed by atoms with E-state index in [4.69, 9.17) is 10.5 Å². The molecule has 0 aliphatic carbocycles. The second kappa shape index (κ2) is 4.97. The summed E-state index contributed by atoms with van der Waals surface area (Å²) in [6.45, 7) is 4.01. The number of benzene rings is 1. The molecule has 0 amide bonds. The van der Waals surface area contributed by atoms with Gasteiger partial charge in [0.05, 0.1) is 12.8 Å². The average Bonchev–Trinajstić information content (AvgIpc) is 2.28. The van der Waals surface area contributed by atoms with Gasteiger partial charge in [-0.05, 0) is 19.1 Å². The number of hydrogen-bond donors (Lipinski definition) is 1. The Balaban J connectivity index is 2.28. The monoisotopic (exact) mass is 238 g/mol. The summed E-state index contributed by atoms with van der Waals surface area (Å²) in [6.07, 6.45) is 0. The fraction of sp³-hybridized carbons (Fsp3) is 0.500. The minimum atomic E-state index is 0.196. The molecule has 1 aliphatic rings. The molecule has 0 bridgehead atoms. The Morgan fingerprint density at radius 3 is 3.06 bits per heavy atom. The van der Waals surface area contributed by atoms with Gasteiger partial charge < -0.3 is 15.4 Å². The molecule has 4 heteroatoms. The Morgan fingerprint density at radius 1 is 1.56 bits per heavy atom. The van der Waals surface area contributed by atoms with Gasteiger partial charge in [-0.3, -0.25) is 0 Å². The van der Waals surface area contributed by atoms with Gasteiger partial charge in [-0.15, -0.1) is 11.8 Å². The summed E-state index contributed by atoms with van der Waals surface area (Å²) in [5.74, 6) is 2.04. The highest BCUT2D eigenvalue weighted by Crippen LogP contribution is 2.37. The maximum Gasteiger partial charge on any atom is 0.121 e. The zero-order valence-corrected chi connectivity index (χ0v) is 10.6. The molecule has 1 aliphatic heterocycles. The highest BCUT2D eigenvalue weighted by Gasteiger charge is 2.18. The van der Waals surface area contributed by atoms with Crippen LogP contribution in [-0.2, 0) is 0 Å². The van der Waals surface area contributed by atoms with Crippen molar-refractivity contribution in [2.24, 2.45) is 5.73 Å². The summed E-state index contributed by atoms with van der Waals surface area (Å²) in [5.41, 5.74) is 7.13. The summed E-state index contributed by atoms with van der Waals surface area (Å²) in [5, 5.41) is 0. The van der Waals surface area contributed by atoms with Gasteiger partial charge in [0.25, 0.3) is 0 Å². The normalized spacial score (nSPS) is 16.8. The SMILES string of the molecule is COc1ccc2c(c1)N(CC(C)N)CCS2. The van der Waals surface area contributed by atoms with Crippen LogP contribution in [-0.4, -0.2) is 32.0 Å². The third-order valence-corrected chi connectivity index (χ3v) is 3.68. The molecule has 0 spiro atoms. The van der Waals surface area contributed by atoms with Crippen LogP contribution in [0.25, 0.3) is 0 Å². The predicted octanol–water partition coefficient (Wildman–Crippen LogP) is 1.95. The molecule has 1 unspecified atom stereocenters. The lowest BCUT2D eigenvalue weighted by atomic mass is 10.2. The first kappa shape index (κ1) is 11.6. The van der Waals surface area contributed by atoms with E-state index in [1.54, 1.807) is 7.11 Å². The number of hydrogen-bond acceptors (Lipinski definition) is 4. The molecule has 1 aromatic rings. The molecule has 2 rings (SSSR count). The van der Waals surface area contributed by atoms with E-state index in [1.807, 2.05) is 24.8 Å². The quantitative estimate of drug-likeness (QED) is 0.873. The van der Waals surface area contributed by atoms with Gasteiger partial charge in [-0.2, -0.15) is 0 Å². The third kappa shape index (κ3) is 2.44. The van der Waals surface area contributed by atoms with Gasteiger partial charge in [-0.25, -0.2) is 0 Å². The van der Waals surface area contributed by atoms with E-state index in [9.17, 15) is 0 Å². The molecule has 3 nitrogen and oxygen atoms in total. The first-order chi connectivity index (χ1) is 7.70. The molecule has 0 radical (unpaired) electrons. The fourth-order valence-corrected chi connectivity index (χ4v) is 2.95. The Kier molecular flexibility index (Phi) is 3.61. The maximum atomic E-state index is 5.87. The molecule has 88 valence electrons. The molecule has 2 N–H and O–H groups in total. The molecule has 1 atom stereocenters. The van der Waals surface area contributed by atoms with Gasteiger partial charge in [0, 0.05) is 35.8 Å². The molecule has 0 saturated heterocycles. The average molecular weight is 238 g/mol. The minimum Gasteiger partial charge on any atom is -0.497 e. The first-order valence-electron chi connectivity index (χ1n) is 5.52. The molecule has 0 fully saturated rings. The Labute approximate surface area is 101 Å². The van der Waals surface area contributed by atoms with Crippen LogP contribution in [0.1, 0.15) is 6.92 Å². The van der Waals surface area contributed by atoms with Crippen molar-refractivity contribution in [1.82, 2.24) is 0 Å². The van der Waals surface area contributed by atoms with E-state index < -0.39 is 0 Å². The van der Waals surface area contributed by atoms with Crippen LogP contribution in [0.15, 0.2) is 23.1 Å². The van der Waals surface area contributed by atoms with Gasteiger partial charge >= 0.3 is 0 Å². The van der Waals surface area contributed by atoms with E-state index in [1.165, 1.54) is 10.6 Å². The lowest BCUT2D eigenvalue weighted by molar-refractivity contribution is 0.414. The van der Waals surface area contributed by atoms with Crippen molar-refractivity contribution >= 4 is 17.4 Å². The van der Waals surface area contributed by atoms with E-state index in [2.05, 4.69) is 17.0 Å². The number of rotatable bonds is 3. The number of thioether (sulfide) groups is 1. The van der Waals surface area contributed by atoms with Crippen molar-refractivity contribution in [1.29, 1.82) is 0 Å². The Hall–Kier alpha value is -0.870. The first-order valence-corrected chi connectivity index (χ1v) is 6.50. The Morgan fingerprint density at radius 2 is 2.38 bits per heavy atom. The Bertz CT molecular complexity index is 368. The molecular weight excluding hydrogens is 220 g/mol. The summed E-state index contributed by atoms with van der Waals surface area (Å²) in [4.78, 5) is 3.67. The fourth-order valence-electron chi connectivity index (χ4n) is 1.92. The summed E-state index contributed by atoms with van der Waals surface area (Å²) >= 11 is 1.90. The van der Waals surface area contributed by atoms with Crippen molar-refractivity contribution in [3.05, 3.63) is 18.2 Å². The van der Waals surface area contributed by atoms with Crippen LogP contribution in [0, 0.1) is 0 Å². The standard InChI is InChI=1S/C12H18N2OS/c1-9(13)8-14-5-6-16-12-4-3-10(15-2)7-11(12)14/h3-4,7,9H,5-6,8,13H2,1-2H3. The van der Waals surface area contributed by atoms with Crippen LogP contribution in [0.3, 0.4) is 0 Å². The third-order valence-electron chi connectivity index (χ3n) is 2.63. The largest absolute Gasteiger partial charge is 0.497 e. The highest BCUT2D eigenvalue weighted by molar-refractivity contribution is 7.99. The number of nitrogens with two attached hydrogens (primary N) is 1. The summed E-state index contributed by atoms with van der Waals surface area (Å²) in [6, 6.07) is 6.44. The van der Waals surface area contributed by atoms with Crippen LogP contribution in [0.5, 0.6) is 5.75 Å². The van der Waals surface area contributed by atoms with Crippen molar-refractivity contribution in [3.8, 4) is 5.75 Å². The number of fused-ring (bicyclic) bond motifs is 1. The second-order valence-electron chi connectivity index (χ2n) is 4.11. The number of ether oxygens (including phenoxy) is 1. The molecule has 0 saturated carbocycles. The van der Waals surface area contributed by atoms with E-state index in [-0.39, 0.29) is 6.04 Å². The summed E-state index contributed by atoms with van der Waals surface area (Å²) < 4.78 is 5.27. The van der Waals surface area contributed by atoms with Crippen LogP contribution >= 0.6 is 11.8 Å². The van der Waals surface area contributed by atoms with Crippen LogP contribution in [0.2, 0.25) is 0 Å². The van der Waals surface area contributed by atoms with Crippen LogP contribution in [0.4, 0.5) is 5.69 Å². The van der Waals surface area contributed by atoms with Gasteiger partial charge in [0.15, 0.2) is 0 Å². The van der Waals surface area contributed by atoms with E-state index >= 15 is 0 Å². The second-order valence-corrected chi connectivity index (χ2v) is 5.24. The van der Waals surface area contributed by atoms with Gasteiger partial charge in [-0.1, -0.05) is 0 Å². The van der Waals surface area contributed by atoms with Gasteiger partial charge in [0.1, 0.15) is 5.75 Å². The molecule has 0 aromatic heterocycles. The van der Waals surface area contributed by atoms with Crippen molar-refractivity contribution in [2.45, 2.75) is 17.9 Å². The topological polar surface area (TPSA) is 38.5 Å². The molecular formula is C12H18N2OS. The number of methoxy groups -OCH3 is 1. The number of anilines is 1. The zero-order chi connectivity index (χ0) is 11.5. The lowest BCUT2D eigenvalue weighted by Crippen LogP contribution is -2.38. The molecule has 1 heterocycles. The van der Waals surface area contributed by atoms with Crippen molar-refractivity contribution in [2.75, 3.05) is 30.9 Å². The lowest BCUT2D eigenvalue weighted by Gasteiger charge is -2.32. The van der Waals surface area contributed by atoms with Gasteiger partial charge in [0.2, 0.25) is 0 Å². The number of nitrogens with zero attached hydrogens (tertiary/aromatic N) is 1. The zero-order valence-electron chi connectivity index (χ0n) is 9.77. The molecule has 16 heavy (non-hydrogen) atoms. The van der Waals surface area contributed by atoms with Crippen molar-refractivity contribution < 1.29 is 4.74 Å². The predicted molar refractivity (Wildman–Crippen MR) is 69.6 cm³/mol.